The topological polar surface area (TPSA) is 37.9 Å². The summed E-state index contributed by atoms with van der Waals surface area (Å²) in [6, 6.07) is 0. The number of aromatic nitrogens is 2. The van der Waals surface area contributed by atoms with Crippen LogP contribution in [-0.2, 0) is 24.2 Å². The third kappa shape index (κ3) is 1.75. The number of ether oxygens (including phenoxy) is 1. The summed E-state index contributed by atoms with van der Waals surface area (Å²) in [6.07, 6.45) is 3.53. The van der Waals surface area contributed by atoms with Crippen LogP contribution >= 0.6 is 0 Å². The Morgan fingerprint density at radius 2 is 2.46 bits per heavy atom. The van der Waals surface area contributed by atoms with E-state index in [1.165, 1.54) is 17.8 Å². The van der Waals surface area contributed by atoms with Crippen molar-refractivity contribution in [3.8, 4) is 0 Å². The van der Waals surface area contributed by atoms with E-state index in [0.717, 1.165) is 24.6 Å². The molecule has 1 aromatic heterocycles. The van der Waals surface area contributed by atoms with Gasteiger partial charge in [0.2, 0.25) is 0 Å². The number of methoxy groups -OCH3 is 1. The van der Waals surface area contributed by atoms with Gasteiger partial charge in [0.05, 0.1) is 5.69 Å². The fraction of sp³-hybridized carbons (Fsp3) is 0.700. The third-order valence-electron chi connectivity index (χ3n) is 2.62. The molecule has 0 saturated heterocycles. The van der Waals surface area contributed by atoms with E-state index in [1.54, 1.807) is 7.11 Å². The number of aromatic amines is 1. The van der Waals surface area contributed by atoms with Crippen molar-refractivity contribution >= 4 is 0 Å². The van der Waals surface area contributed by atoms with Crippen molar-refractivity contribution in [2.45, 2.75) is 32.8 Å². The van der Waals surface area contributed by atoms with E-state index in [0.29, 0.717) is 6.61 Å². The molecule has 1 heterocycles. The molecule has 0 spiro atoms. The molecule has 0 aromatic carbocycles. The number of nitrogens with zero attached hydrogens (tertiary/aromatic N) is 1. The number of fused-ring (bicyclic) bond motifs is 1. The maximum Gasteiger partial charge on any atom is 0.132 e. The van der Waals surface area contributed by atoms with Crippen LogP contribution in [0.25, 0.3) is 0 Å². The Labute approximate surface area is 78.5 Å². The Balaban J connectivity index is 2.18. The van der Waals surface area contributed by atoms with Crippen LogP contribution in [0.1, 0.15) is 30.6 Å². The minimum absolute atomic E-state index is 0.599. The van der Waals surface area contributed by atoms with Gasteiger partial charge in [-0.1, -0.05) is 6.92 Å². The van der Waals surface area contributed by atoms with Gasteiger partial charge in [-0.3, -0.25) is 0 Å². The van der Waals surface area contributed by atoms with E-state index in [1.807, 2.05) is 0 Å². The number of aryl methyl sites for hydroxylation is 1. The van der Waals surface area contributed by atoms with Crippen LogP contribution in [0.5, 0.6) is 0 Å². The Bertz CT molecular complexity index is 293. The normalized spacial score (nSPS) is 21.5. The van der Waals surface area contributed by atoms with E-state index in [9.17, 15) is 0 Å². The quantitative estimate of drug-likeness (QED) is 0.752. The highest BCUT2D eigenvalue weighted by Crippen LogP contribution is 2.23. The molecule has 13 heavy (non-hydrogen) atoms. The van der Waals surface area contributed by atoms with Gasteiger partial charge in [0.1, 0.15) is 12.4 Å². The Kier molecular flexibility index (Phi) is 2.36. The summed E-state index contributed by atoms with van der Waals surface area (Å²) in [7, 11) is 1.70. The lowest BCUT2D eigenvalue weighted by Crippen LogP contribution is -2.10. The predicted octanol–water partition coefficient (Wildman–Crippen LogP) is 1.68. The number of imidazole rings is 1. The molecule has 3 heteroatoms. The Morgan fingerprint density at radius 3 is 3.23 bits per heavy atom. The lowest BCUT2D eigenvalue weighted by Gasteiger charge is -2.15. The summed E-state index contributed by atoms with van der Waals surface area (Å²) in [6.45, 7) is 2.89. The first-order valence-corrected chi connectivity index (χ1v) is 4.85. The van der Waals surface area contributed by atoms with Gasteiger partial charge < -0.3 is 9.72 Å². The summed E-state index contributed by atoms with van der Waals surface area (Å²) in [5.41, 5.74) is 2.58. The van der Waals surface area contributed by atoms with Crippen molar-refractivity contribution in [2.24, 2.45) is 5.92 Å². The highest BCUT2D eigenvalue weighted by molar-refractivity contribution is 5.18. The molecule has 0 radical (unpaired) electrons. The van der Waals surface area contributed by atoms with E-state index < -0.39 is 0 Å². The molecular weight excluding hydrogens is 164 g/mol. The predicted molar refractivity (Wildman–Crippen MR) is 50.5 cm³/mol. The van der Waals surface area contributed by atoms with Gasteiger partial charge >= 0.3 is 0 Å². The molecule has 1 aliphatic carbocycles. The lowest BCUT2D eigenvalue weighted by molar-refractivity contribution is 0.178. The van der Waals surface area contributed by atoms with Crippen LogP contribution in [0.3, 0.4) is 0 Å². The molecule has 0 amide bonds. The maximum atomic E-state index is 5.04. The summed E-state index contributed by atoms with van der Waals surface area (Å²) in [5, 5.41) is 0. The molecule has 0 aliphatic heterocycles. The summed E-state index contributed by atoms with van der Waals surface area (Å²) >= 11 is 0. The van der Waals surface area contributed by atoms with Crippen molar-refractivity contribution in [3.63, 3.8) is 0 Å². The monoisotopic (exact) mass is 180 g/mol. The minimum atomic E-state index is 0.599. The van der Waals surface area contributed by atoms with Crippen LogP contribution < -0.4 is 0 Å². The SMILES string of the molecule is COCc1nc2c([nH]1)CC(C)CC2. The molecule has 2 rings (SSSR count). The molecule has 1 aliphatic rings. The molecule has 1 aromatic rings. The van der Waals surface area contributed by atoms with Gasteiger partial charge in [-0.05, 0) is 25.2 Å². The average Bonchev–Trinajstić information content (AvgIpc) is 2.46. The van der Waals surface area contributed by atoms with Crippen LogP contribution in [0.15, 0.2) is 0 Å². The van der Waals surface area contributed by atoms with E-state index in [-0.39, 0.29) is 0 Å². The second-order valence-electron chi connectivity index (χ2n) is 3.89. The van der Waals surface area contributed by atoms with Crippen LogP contribution in [0, 0.1) is 5.92 Å². The molecule has 1 unspecified atom stereocenters. The molecule has 1 N–H and O–H groups in total. The van der Waals surface area contributed by atoms with E-state index in [2.05, 4.69) is 16.9 Å². The molecule has 1 atom stereocenters. The zero-order valence-electron chi connectivity index (χ0n) is 8.26. The Morgan fingerprint density at radius 1 is 1.62 bits per heavy atom. The van der Waals surface area contributed by atoms with Gasteiger partial charge in [-0.25, -0.2) is 4.98 Å². The number of nitrogens with one attached hydrogen (secondary N) is 1. The molecule has 0 fully saturated rings. The number of H-pyrrole nitrogens is 1. The standard InChI is InChI=1S/C10H16N2O/c1-7-3-4-8-9(5-7)12-10(11-8)6-13-2/h7H,3-6H2,1-2H3,(H,11,12). The zero-order valence-corrected chi connectivity index (χ0v) is 8.26. The molecule has 0 saturated carbocycles. The molecule has 0 bridgehead atoms. The van der Waals surface area contributed by atoms with Gasteiger partial charge in [0.15, 0.2) is 0 Å². The fourth-order valence-corrected chi connectivity index (χ4v) is 1.92. The van der Waals surface area contributed by atoms with Gasteiger partial charge in [-0.15, -0.1) is 0 Å². The van der Waals surface area contributed by atoms with Crippen molar-refractivity contribution in [3.05, 3.63) is 17.2 Å². The van der Waals surface area contributed by atoms with Crippen LogP contribution in [-0.4, -0.2) is 17.1 Å². The van der Waals surface area contributed by atoms with E-state index >= 15 is 0 Å². The molecule has 72 valence electrons. The summed E-state index contributed by atoms with van der Waals surface area (Å²) < 4.78 is 5.04. The van der Waals surface area contributed by atoms with Crippen molar-refractivity contribution in [1.29, 1.82) is 0 Å². The number of hydrogen-bond acceptors (Lipinski definition) is 2. The first kappa shape index (κ1) is 8.75. The van der Waals surface area contributed by atoms with Gasteiger partial charge in [0, 0.05) is 12.8 Å². The van der Waals surface area contributed by atoms with Crippen molar-refractivity contribution < 1.29 is 4.74 Å². The van der Waals surface area contributed by atoms with Gasteiger partial charge in [0.25, 0.3) is 0 Å². The first-order chi connectivity index (χ1) is 6.29. The van der Waals surface area contributed by atoms with Crippen molar-refractivity contribution in [2.75, 3.05) is 7.11 Å². The minimum Gasteiger partial charge on any atom is -0.377 e. The zero-order chi connectivity index (χ0) is 9.26. The number of hydrogen-bond donors (Lipinski definition) is 1. The van der Waals surface area contributed by atoms with E-state index in [4.69, 9.17) is 4.74 Å². The number of rotatable bonds is 2. The molecule has 3 nitrogen and oxygen atoms in total. The highest BCUT2D eigenvalue weighted by Gasteiger charge is 2.18. The van der Waals surface area contributed by atoms with Gasteiger partial charge in [-0.2, -0.15) is 0 Å². The van der Waals surface area contributed by atoms with Crippen LogP contribution in [0.2, 0.25) is 0 Å². The third-order valence-corrected chi connectivity index (χ3v) is 2.62. The summed E-state index contributed by atoms with van der Waals surface area (Å²) in [5.74, 6) is 1.77. The lowest BCUT2D eigenvalue weighted by atomic mass is 9.92. The highest BCUT2D eigenvalue weighted by atomic mass is 16.5. The smallest absolute Gasteiger partial charge is 0.132 e. The largest absolute Gasteiger partial charge is 0.377 e. The molecular formula is C10H16N2O. The average molecular weight is 180 g/mol. The van der Waals surface area contributed by atoms with Crippen molar-refractivity contribution in [1.82, 2.24) is 9.97 Å². The Hall–Kier alpha value is -0.830. The van der Waals surface area contributed by atoms with Crippen LogP contribution in [0.4, 0.5) is 0 Å². The summed E-state index contributed by atoms with van der Waals surface area (Å²) in [4.78, 5) is 7.82. The fourth-order valence-electron chi connectivity index (χ4n) is 1.92. The second-order valence-corrected chi connectivity index (χ2v) is 3.89. The second kappa shape index (κ2) is 3.50. The maximum absolute atomic E-state index is 5.04. The first-order valence-electron chi connectivity index (χ1n) is 4.85.